The zero-order valence-corrected chi connectivity index (χ0v) is 11.5. The van der Waals surface area contributed by atoms with Crippen LogP contribution in [0.4, 0.5) is 5.82 Å². The van der Waals surface area contributed by atoms with Crippen molar-refractivity contribution in [2.24, 2.45) is 0 Å². The van der Waals surface area contributed by atoms with Crippen LogP contribution in [0.5, 0.6) is 0 Å². The average Bonchev–Trinajstić information content (AvgIpc) is 2.36. The Kier molecular flexibility index (Phi) is 3.53. The number of nitrogens with zero attached hydrogens (tertiary/aromatic N) is 2. The highest BCUT2D eigenvalue weighted by Crippen LogP contribution is 2.25. The van der Waals surface area contributed by atoms with Crippen molar-refractivity contribution in [2.45, 2.75) is 27.2 Å². The van der Waals surface area contributed by atoms with E-state index in [2.05, 4.69) is 16.9 Å². The molecule has 2 aromatic rings. The third kappa shape index (κ3) is 2.31. The molecule has 0 unspecified atom stereocenters. The van der Waals surface area contributed by atoms with Crippen molar-refractivity contribution >= 4 is 17.4 Å². The molecule has 0 atom stereocenters. The summed E-state index contributed by atoms with van der Waals surface area (Å²) in [6, 6.07) is 5.80. The highest BCUT2D eigenvalue weighted by atomic mass is 35.5. The Morgan fingerprint density at radius 3 is 2.56 bits per heavy atom. The highest BCUT2D eigenvalue weighted by Gasteiger charge is 2.09. The summed E-state index contributed by atoms with van der Waals surface area (Å²) in [7, 11) is 0. The number of benzene rings is 1. The molecule has 0 spiro atoms. The zero-order chi connectivity index (χ0) is 13.3. The third-order valence-corrected chi connectivity index (χ3v) is 3.46. The number of aromatic nitrogens is 2. The molecule has 94 valence electrons. The van der Waals surface area contributed by atoms with Crippen molar-refractivity contribution in [2.75, 3.05) is 5.73 Å². The summed E-state index contributed by atoms with van der Waals surface area (Å²) in [5.74, 6) is 1.17. The van der Waals surface area contributed by atoms with Gasteiger partial charge < -0.3 is 5.73 Å². The summed E-state index contributed by atoms with van der Waals surface area (Å²) in [5.41, 5.74) is 9.79. The summed E-state index contributed by atoms with van der Waals surface area (Å²) in [6.45, 7) is 5.97. The lowest BCUT2D eigenvalue weighted by atomic mass is 10.1. The Balaban J connectivity index is 2.57. The second kappa shape index (κ2) is 4.94. The minimum atomic E-state index is 0.536. The molecule has 0 aliphatic heterocycles. The number of anilines is 1. The first-order chi connectivity index (χ1) is 8.52. The Hall–Kier alpha value is -1.61. The van der Waals surface area contributed by atoms with Crippen LogP contribution in [0.3, 0.4) is 0 Å². The molecule has 0 aliphatic carbocycles. The summed E-state index contributed by atoms with van der Waals surface area (Å²) >= 11 is 6.12. The molecule has 4 heteroatoms. The minimum absolute atomic E-state index is 0.536. The van der Waals surface area contributed by atoms with Crippen molar-refractivity contribution < 1.29 is 0 Å². The molecular weight excluding hydrogens is 246 g/mol. The molecule has 3 nitrogen and oxygen atoms in total. The second-order valence-electron chi connectivity index (χ2n) is 4.32. The molecule has 1 aromatic heterocycles. The van der Waals surface area contributed by atoms with Crippen LogP contribution in [0.25, 0.3) is 11.4 Å². The van der Waals surface area contributed by atoms with Gasteiger partial charge in [-0.05, 0) is 31.9 Å². The summed E-state index contributed by atoms with van der Waals surface area (Å²) in [6.07, 6.45) is 0.838. The van der Waals surface area contributed by atoms with E-state index in [4.69, 9.17) is 17.3 Å². The van der Waals surface area contributed by atoms with Gasteiger partial charge >= 0.3 is 0 Å². The molecule has 0 saturated heterocycles. The normalized spacial score (nSPS) is 10.7. The Labute approximate surface area is 112 Å². The van der Waals surface area contributed by atoms with E-state index in [1.165, 1.54) is 0 Å². The average molecular weight is 262 g/mol. The standard InChI is InChI=1S/C14H16ClN3/c1-4-12-9(3)13(16)18-14(17-12)10-6-5-8(2)11(15)7-10/h5-7H,4H2,1-3H3,(H2,16,17,18). The lowest BCUT2D eigenvalue weighted by Gasteiger charge is -2.09. The van der Waals surface area contributed by atoms with Crippen molar-refractivity contribution in [1.82, 2.24) is 9.97 Å². The molecule has 18 heavy (non-hydrogen) atoms. The topological polar surface area (TPSA) is 51.8 Å². The first-order valence-corrected chi connectivity index (χ1v) is 6.30. The van der Waals surface area contributed by atoms with Crippen LogP contribution >= 0.6 is 11.6 Å². The van der Waals surface area contributed by atoms with E-state index in [0.29, 0.717) is 16.7 Å². The van der Waals surface area contributed by atoms with Gasteiger partial charge in [-0.25, -0.2) is 9.97 Å². The maximum absolute atomic E-state index is 6.12. The SMILES string of the molecule is CCc1nc(-c2ccc(C)c(Cl)c2)nc(N)c1C. The van der Waals surface area contributed by atoms with Gasteiger partial charge in [-0.1, -0.05) is 30.7 Å². The number of hydrogen-bond donors (Lipinski definition) is 1. The maximum Gasteiger partial charge on any atom is 0.161 e. The van der Waals surface area contributed by atoms with Crippen LogP contribution in [0, 0.1) is 13.8 Å². The quantitative estimate of drug-likeness (QED) is 0.899. The molecule has 0 saturated carbocycles. The fourth-order valence-corrected chi connectivity index (χ4v) is 1.97. The van der Waals surface area contributed by atoms with E-state index in [9.17, 15) is 0 Å². The second-order valence-corrected chi connectivity index (χ2v) is 4.73. The lowest BCUT2D eigenvalue weighted by molar-refractivity contribution is 0.982. The minimum Gasteiger partial charge on any atom is -0.383 e. The van der Waals surface area contributed by atoms with E-state index in [1.807, 2.05) is 32.0 Å². The van der Waals surface area contributed by atoms with Gasteiger partial charge in [0, 0.05) is 21.8 Å². The Morgan fingerprint density at radius 2 is 1.94 bits per heavy atom. The van der Waals surface area contributed by atoms with Gasteiger partial charge in [-0.15, -0.1) is 0 Å². The first kappa shape index (κ1) is 12.8. The summed E-state index contributed by atoms with van der Waals surface area (Å²) in [4.78, 5) is 8.87. The predicted octanol–water partition coefficient (Wildman–Crippen LogP) is 3.56. The van der Waals surface area contributed by atoms with Gasteiger partial charge in [0.1, 0.15) is 5.82 Å². The van der Waals surface area contributed by atoms with E-state index in [0.717, 1.165) is 28.8 Å². The van der Waals surface area contributed by atoms with Gasteiger partial charge in [0.15, 0.2) is 5.82 Å². The number of halogens is 1. The van der Waals surface area contributed by atoms with E-state index >= 15 is 0 Å². The zero-order valence-electron chi connectivity index (χ0n) is 10.8. The molecule has 2 rings (SSSR count). The molecular formula is C14H16ClN3. The number of nitrogen functional groups attached to an aromatic ring is 1. The summed E-state index contributed by atoms with van der Waals surface area (Å²) in [5, 5.41) is 0.716. The van der Waals surface area contributed by atoms with Crippen LogP contribution < -0.4 is 5.73 Å². The van der Waals surface area contributed by atoms with E-state index in [1.54, 1.807) is 0 Å². The number of aryl methyl sites for hydroxylation is 2. The third-order valence-electron chi connectivity index (χ3n) is 3.05. The summed E-state index contributed by atoms with van der Waals surface area (Å²) < 4.78 is 0. The molecule has 1 aromatic carbocycles. The predicted molar refractivity (Wildman–Crippen MR) is 75.7 cm³/mol. The number of hydrogen-bond acceptors (Lipinski definition) is 3. The smallest absolute Gasteiger partial charge is 0.161 e. The van der Waals surface area contributed by atoms with Gasteiger partial charge in [0.05, 0.1) is 0 Å². The maximum atomic E-state index is 6.12. The number of nitrogens with two attached hydrogens (primary N) is 1. The molecule has 0 fully saturated rings. The van der Waals surface area contributed by atoms with Crippen LogP contribution in [0.1, 0.15) is 23.7 Å². The van der Waals surface area contributed by atoms with Gasteiger partial charge in [0.2, 0.25) is 0 Å². The Bertz CT molecular complexity index is 594. The lowest BCUT2D eigenvalue weighted by Crippen LogP contribution is -2.04. The van der Waals surface area contributed by atoms with Crippen LogP contribution in [0.15, 0.2) is 18.2 Å². The van der Waals surface area contributed by atoms with Gasteiger partial charge in [0.25, 0.3) is 0 Å². The van der Waals surface area contributed by atoms with E-state index < -0.39 is 0 Å². The first-order valence-electron chi connectivity index (χ1n) is 5.92. The molecule has 2 N–H and O–H groups in total. The van der Waals surface area contributed by atoms with Crippen molar-refractivity contribution in [3.8, 4) is 11.4 Å². The fourth-order valence-electron chi connectivity index (χ4n) is 1.79. The van der Waals surface area contributed by atoms with Crippen molar-refractivity contribution in [3.63, 3.8) is 0 Å². The molecule has 1 heterocycles. The van der Waals surface area contributed by atoms with Crippen LogP contribution in [0.2, 0.25) is 5.02 Å². The molecule has 0 bridgehead atoms. The van der Waals surface area contributed by atoms with Gasteiger partial charge in [-0.2, -0.15) is 0 Å². The Morgan fingerprint density at radius 1 is 1.22 bits per heavy atom. The van der Waals surface area contributed by atoms with Crippen molar-refractivity contribution in [3.05, 3.63) is 40.0 Å². The largest absolute Gasteiger partial charge is 0.383 e. The fraction of sp³-hybridized carbons (Fsp3) is 0.286. The van der Waals surface area contributed by atoms with Crippen LogP contribution in [-0.2, 0) is 6.42 Å². The number of rotatable bonds is 2. The van der Waals surface area contributed by atoms with Gasteiger partial charge in [-0.3, -0.25) is 0 Å². The van der Waals surface area contributed by atoms with Crippen molar-refractivity contribution in [1.29, 1.82) is 0 Å². The van der Waals surface area contributed by atoms with Crippen LogP contribution in [-0.4, -0.2) is 9.97 Å². The highest BCUT2D eigenvalue weighted by molar-refractivity contribution is 6.31. The molecule has 0 aliphatic rings. The van der Waals surface area contributed by atoms with E-state index in [-0.39, 0.29) is 0 Å². The molecule has 0 amide bonds. The monoisotopic (exact) mass is 261 g/mol. The molecule has 0 radical (unpaired) electrons.